The Labute approximate surface area is 199 Å². The summed E-state index contributed by atoms with van der Waals surface area (Å²) in [5.41, 5.74) is 0.122. The largest absolute Gasteiger partial charge is 0.481 e. The van der Waals surface area contributed by atoms with E-state index in [1.54, 1.807) is 0 Å². The van der Waals surface area contributed by atoms with Gasteiger partial charge in [-0.05, 0) is 90.9 Å². The highest BCUT2D eigenvalue weighted by molar-refractivity contribution is 5.96. The van der Waals surface area contributed by atoms with Crippen molar-refractivity contribution in [3.63, 3.8) is 0 Å². The molecule has 5 rings (SSSR count). The van der Waals surface area contributed by atoms with E-state index in [1.807, 2.05) is 6.08 Å². The number of allylic oxidation sites excluding steroid dienone is 2. The van der Waals surface area contributed by atoms with E-state index in [4.69, 9.17) is 0 Å². The first kappa shape index (κ1) is 23.3. The summed E-state index contributed by atoms with van der Waals surface area (Å²) < 4.78 is 0. The Hall–Kier alpha value is -1.45. The van der Waals surface area contributed by atoms with Crippen molar-refractivity contribution in [2.45, 2.75) is 99.3 Å². The van der Waals surface area contributed by atoms with E-state index >= 15 is 0 Å². The second-order valence-corrected chi connectivity index (χ2v) is 13.9. The van der Waals surface area contributed by atoms with Crippen molar-refractivity contribution < 1.29 is 19.5 Å². The van der Waals surface area contributed by atoms with Crippen LogP contribution in [-0.2, 0) is 14.4 Å². The molecule has 1 N–H and O–H groups in total. The van der Waals surface area contributed by atoms with Gasteiger partial charge in [0.15, 0.2) is 5.78 Å². The van der Waals surface area contributed by atoms with Gasteiger partial charge in [-0.15, -0.1) is 0 Å². The van der Waals surface area contributed by atoms with Crippen LogP contribution in [0, 0.1) is 50.7 Å². The number of carboxylic acid groups (broad SMARTS) is 1. The third kappa shape index (κ3) is 2.79. The molecule has 8 atom stereocenters. The maximum absolute atomic E-state index is 14.1. The van der Waals surface area contributed by atoms with Crippen LogP contribution in [-0.4, -0.2) is 22.6 Å². The van der Waals surface area contributed by atoms with Crippen molar-refractivity contribution in [2.24, 2.45) is 50.7 Å². The molecule has 0 bridgehead atoms. The molecule has 0 aromatic heterocycles. The molecule has 0 amide bonds. The molecule has 0 saturated heterocycles. The van der Waals surface area contributed by atoms with E-state index in [0.717, 1.165) is 38.5 Å². The van der Waals surface area contributed by atoms with Crippen LogP contribution in [0.5, 0.6) is 0 Å². The van der Waals surface area contributed by atoms with Gasteiger partial charge in [0.1, 0.15) is 5.78 Å². The Morgan fingerprint density at radius 3 is 2.27 bits per heavy atom. The first-order valence-electron chi connectivity index (χ1n) is 13.2. The fraction of sp³-hybridized carbons (Fsp3) is 0.828. The van der Waals surface area contributed by atoms with Crippen LogP contribution in [0.1, 0.15) is 99.3 Å². The zero-order valence-corrected chi connectivity index (χ0v) is 21.4. The molecule has 4 nitrogen and oxygen atoms in total. The van der Waals surface area contributed by atoms with Gasteiger partial charge in [-0.25, -0.2) is 0 Å². The molecule has 33 heavy (non-hydrogen) atoms. The summed E-state index contributed by atoms with van der Waals surface area (Å²) in [5.74, 6) is -0.101. The van der Waals surface area contributed by atoms with Crippen LogP contribution in [0.25, 0.3) is 0 Å². The average molecular weight is 455 g/mol. The van der Waals surface area contributed by atoms with Crippen molar-refractivity contribution in [1.29, 1.82) is 0 Å². The quantitative estimate of drug-likeness (QED) is 0.510. The molecule has 4 heteroatoms. The number of hydrogen-bond acceptors (Lipinski definition) is 3. The lowest BCUT2D eigenvalue weighted by Crippen LogP contribution is -2.65. The smallest absolute Gasteiger partial charge is 0.309 e. The molecule has 5 aliphatic carbocycles. The molecule has 0 radical (unpaired) electrons. The monoisotopic (exact) mass is 454 g/mol. The topological polar surface area (TPSA) is 71.4 Å². The standard InChI is InChI=1S/C29H42O4/c1-17-18-7-10-27(5)22(26(18,4)9-8-20(17)30)15-21(31)23-19-16-25(2,3)11-13-29(19,24(32)33)14-12-28(23,27)6/h15,17-19,23H,7-14,16H2,1-6H3,(H,32,33)/t17-,18-,19?,23?,26-,27+,28+,29-/m0/s1. The maximum atomic E-state index is 14.1. The number of carbonyl (C=O) groups excluding carboxylic acids is 2. The van der Waals surface area contributed by atoms with Crippen LogP contribution in [0.2, 0.25) is 0 Å². The normalized spacial score (nSPS) is 50.9. The molecule has 182 valence electrons. The Morgan fingerprint density at radius 1 is 0.939 bits per heavy atom. The van der Waals surface area contributed by atoms with Crippen LogP contribution in [0.15, 0.2) is 11.6 Å². The molecular formula is C29H42O4. The van der Waals surface area contributed by atoms with E-state index in [9.17, 15) is 19.5 Å². The molecule has 4 fully saturated rings. The predicted molar refractivity (Wildman–Crippen MR) is 127 cm³/mol. The molecule has 0 spiro atoms. The van der Waals surface area contributed by atoms with Gasteiger partial charge in [-0.3, -0.25) is 14.4 Å². The lowest BCUT2D eigenvalue weighted by atomic mass is 9.34. The summed E-state index contributed by atoms with van der Waals surface area (Å²) in [4.78, 5) is 39.4. The van der Waals surface area contributed by atoms with Gasteiger partial charge in [-0.1, -0.05) is 47.1 Å². The van der Waals surface area contributed by atoms with Gasteiger partial charge in [0.25, 0.3) is 0 Å². The van der Waals surface area contributed by atoms with E-state index in [0.29, 0.717) is 31.0 Å². The predicted octanol–water partition coefficient (Wildman–Crippen LogP) is 6.23. The first-order chi connectivity index (χ1) is 15.2. The zero-order chi connectivity index (χ0) is 24.2. The highest BCUT2D eigenvalue weighted by Crippen LogP contribution is 2.74. The summed E-state index contributed by atoms with van der Waals surface area (Å²) in [6.45, 7) is 13.6. The van der Waals surface area contributed by atoms with Gasteiger partial charge in [0.05, 0.1) is 5.41 Å². The van der Waals surface area contributed by atoms with Crippen molar-refractivity contribution >= 4 is 17.5 Å². The number of fused-ring (bicyclic) bond motifs is 7. The fourth-order valence-corrected chi connectivity index (χ4v) is 9.81. The van der Waals surface area contributed by atoms with Gasteiger partial charge in [-0.2, -0.15) is 0 Å². The number of carbonyl (C=O) groups is 3. The Balaban J connectivity index is 1.65. The summed E-state index contributed by atoms with van der Waals surface area (Å²) in [6, 6.07) is 0. The Morgan fingerprint density at radius 2 is 1.61 bits per heavy atom. The van der Waals surface area contributed by atoms with Crippen molar-refractivity contribution in [2.75, 3.05) is 0 Å². The second-order valence-electron chi connectivity index (χ2n) is 13.9. The minimum Gasteiger partial charge on any atom is -0.481 e. The van der Waals surface area contributed by atoms with E-state index in [-0.39, 0.29) is 45.2 Å². The van der Waals surface area contributed by atoms with Crippen LogP contribution in [0.4, 0.5) is 0 Å². The summed E-state index contributed by atoms with van der Waals surface area (Å²) in [7, 11) is 0. The van der Waals surface area contributed by atoms with Gasteiger partial charge in [0, 0.05) is 18.3 Å². The molecule has 0 aliphatic heterocycles. The molecule has 4 saturated carbocycles. The zero-order valence-electron chi connectivity index (χ0n) is 21.4. The number of hydrogen-bond donors (Lipinski definition) is 1. The minimum absolute atomic E-state index is 0.0555. The van der Waals surface area contributed by atoms with Crippen LogP contribution < -0.4 is 0 Å². The van der Waals surface area contributed by atoms with E-state index < -0.39 is 11.4 Å². The van der Waals surface area contributed by atoms with Gasteiger partial charge < -0.3 is 5.11 Å². The molecule has 5 aliphatic rings. The number of aliphatic carboxylic acids is 1. The molecule has 0 heterocycles. The highest BCUT2D eigenvalue weighted by Gasteiger charge is 2.70. The first-order valence-corrected chi connectivity index (χ1v) is 13.2. The number of rotatable bonds is 1. The second kappa shape index (κ2) is 6.82. The Kier molecular flexibility index (Phi) is 4.81. The highest BCUT2D eigenvalue weighted by atomic mass is 16.4. The van der Waals surface area contributed by atoms with Crippen LogP contribution >= 0.6 is 0 Å². The van der Waals surface area contributed by atoms with Crippen molar-refractivity contribution in [3.8, 4) is 0 Å². The molecule has 0 aromatic rings. The number of Topliss-reactive ketones (excluding diaryl/α,β-unsaturated/α-hetero) is 1. The van der Waals surface area contributed by atoms with Gasteiger partial charge >= 0.3 is 5.97 Å². The molecule has 0 aromatic carbocycles. The molecule has 2 unspecified atom stereocenters. The third-order valence-electron chi connectivity index (χ3n) is 12.2. The van der Waals surface area contributed by atoms with Crippen molar-refractivity contribution in [1.82, 2.24) is 0 Å². The minimum atomic E-state index is -0.760. The number of carboxylic acids is 1. The third-order valence-corrected chi connectivity index (χ3v) is 12.2. The van der Waals surface area contributed by atoms with E-state index in [2.05, 4.69) is 41.5 Å². The summed E-state index contributed by atoms with van der Waals surface area (Å²) in [5, 5.41) is 10.4. The number of ketones is 2. The fourth-order valence-electron chi connectivity index (χ4n) is 9.81. The van der Waals surface area contributed by atoms with Crippen molar-refractivity contribution in [3.05, 3.63) is 11.6 Å². The Bertz CT molecular complexity index is 961. The van der Waals surface area contributed by atoms with E-state index in [1.165, 1.54) is 5.57 Å². The summed E-state index contributed by atoms with van der Waals surface area (Å²) >= 11 is 0. The summed E-state index contributed by atoms with van der Waals surface area (Å²) in [6.07, 6.45) is 9.33. The van der Waals surface area contributed by atoms with Crippen LogP contribution in [0.3, 0.4) is 0 Å². The lowest BCUT2D eigenvalue weighted by molar-refractivity contribution is -0.189. The lowest BCUT2D eigenvalue weighted by Gasteiger charge is -2.68. The average Bonchev–Trinajstić information content (AvgIpc) is 2.72. The molecular weight excluding hydrogens is 412 g/mol. The van der Waals surface area contributed by atoms with Gasteiger partial charge in [0.2, 0.25) is 0 Å². The SMILES string of the molecule is C[C@@H]1C(=O)CC[C@]2(C)C3=CC(=O)C4C5CC(C)(C)CC[C@]5(C(=O)O)CC[C@@]4(C)[C@]3(C)CC[C@@H]12. The maximum Gasteiger partial charge on any atom is 0.309 e.